The van der Waals surface area contributed by atoms with E-state index in [9.17, 15) is 19.2 Å². The number of urea groups is 1. The van der Waals surface area contributed by atoms with Gasteiger partial charge in [0.15, 0.2) is 0 Å². The number of nitrogens with zero attached hydrogens (tertiary/aromatic N) is 3. The van der Waals surface area contributed by atoms with Gasteiger partial charge in [-0.15, -0.1) is 0 Å². The average molecular weight is 501 g/mol. The summed E-state index contributed by atoms with van der Waals surface area (Å²) in [4.78, 5) is 31.7. The Kier molecular flexibility index (Phi) is 8.31. The number of benzene rings is 2. The molecule has 2 aromatic carbocycles. The van der Waals surface area contributed by atoms with Crippen LogP contribution in [0.3, 0.4) is 0 Å². The quantitative estimate of drug-likeness (QED) is 0.434. The fraction of sp³-hybridized carbons (Fsp3) is 0.286. The highest BCUT2D eigenvalue weighted by Gasteiger charge is 2.28. The van der Waals surface area contributed by atoms with Crippen LogP contribution in [-0.2, 0) is 6.42 Å². The number of hydrogen-bond acceptors (Lipinski definition) is 5. The van der Waals surface area contributed by atoms with E-state index in [-0.39, 0.29) is 23.8 Å². The Morgan fingerprint density at radius 1 is 1.16 bits per heavy atom. The largest absolute Gasteiger partial charge is 0.369 e. The maximum atomic E-state index is 13.6. The lowest BCUT2D eigenvalue weighted by Crippen LogP contribution is -2.46. The standard InChI is InChI=1S/C28H29FN6O2/c1-31-28(37)35-15-5-9-22(35)18-33-27(36)24-11-12-25(23-10-3-2-7-20(23)17-30)34-26(24)32-14-13-19-6-4-8-21(29)16-19/h2-4,6-8,10-12,16,22H,5,9,13-15,18H2,1H3,(H,31,37)(H,32,34)(H,33,36)/t22-/m1/s1. The van der Waals surface area contributed by atoms with Gasteiger partial charge in [-0.2, -0.15) is 5.26 Å². The number of nitrogens with one attached hydrogen (secondary N) is 3. The van der Waals surface area contributed by atoms with Gasteiger partial charge in [0.2, 0.25) is 0 Å². The Morgan fingerprint density at radius 3 is 2.78 bits per heavy atom. The van der Waals surface area contributed by atoms with Gasteiger partial charge in [-0.25, -0.2) is 14.2 Å². The second-order valence-corrected chi connectivity index (χ2v) is 8.81. The number of rotatable bonds is 8. The molecule has 0 bridgehead atoms. The van der Waals surface area contributed by atoms with Crippen LogP contribution in [0.2, 0.25) is 0 Å². The van der Waals surface area contributed by atoms with Crippen molar-refractivity contribution < 1.29 is 14.0 Å². The van der Waals surface area contributed by atoms with Gasteiger partial charge >= 0.3 is 6.03 Å². The minimum atomic E-state index is -0.315. The lowest BCUT2D eigenvalue weighted by molar-refractivity contribution is 0.0943. The number of carbonyl (C=O) groups is 2. The van der Waals surface area contributed by atoms with Crippen molar-refractivity contribution in [2.24, 2.45) is 0 Å². The zero-order chi connectivity index (χ0) is 26.2. The molecule has 37 heavy (non-hydrogen) atoms. The third-order valence-corrected chi connectivity index (χ3v) is 6.41. The van der Waals surface area contributed by atoms with E-state index in [1.165, 1.54) is 12.1 Å². The monoisotopic (exact) mass is 500 g/mol. The summed E-state index contributed by atoms with van der Waals surface area (Å²) in [5.41, 5.74) is 2.87. The van der Waals surface area contributed by atoms with Crippen LogP contribution in [0, 0.1) is 17.1 Å². The molecule has 0 spiro atoms. The first-order valence-corrected chi connectivity index (χ1v) is 12.3. The molecule has 8 nitrogen and oxygen atoms in total. The maximum absolute atomic E-state index is 13.6. The summed E-state index contributed by atoms with van der Waals surface area (Å²) in [6, 6.07) is 18.9. The Morgan fingerprint density at radius 2 is 2.00 bits per heavy atom. The Balaban J connectivity index is 1.54. The summed E-state index contributed by atoms with van der Waals surface area (Å²) in [5, 5.41) is 18.3. The lowest BCUT2D eigenvalue weighted by atomic mass is 10.0. The van der Waals surface area contributed by atoms with Crippen LogP contribution in [0.1, 0.15) is 34.3 Å². The van der Waals surface area contributed by atoms with Crippen molar-refractivity contribution in [1.29, 1.82) is 5.26 Å². The van der Waals surface area contributed by atoms with Gasteiger partial charge in [0.05, 0.1) is 28.9 Å². The highest BCUT2D eigenvalue weighted by atomic mass is 19.1. The average Bonchev–Trinajstić information content (AvgIpc) is 3.40. The summed E-state index contributed by atoms with van der Waals surface area (Å²) in [7, 11) is 1.59. The van der Waals surface area contributed by atoms with Crippen molar-refractivity contribution in [3.63, 3.8) is 0 Å². The summed E-state index contributed by atoms with van der Waals surface area (Å²) in [6.45, 7) is 1.41. The van der Waals surface area contributed by atoms with Crippen LogP contribution >= 0.6 is 0 Å². The topological polar surface area (TPSA) is 110 Å². The van der Waals surface area contributed by atoms with E-state index in [2.05, 4.69) is 27.0 Å². The molecule has 0 aliphatic carbocycles. The molecule has 1 atom stereocenters. The van der Waals surface area contributed by atoms with Gasteiger partial charge in [0, 0.05) is 32.2 Å². The Hall–Kier alpha value is -4.45. The highest BCUT2D eigenvalue weighted by Crippen LogP contribution is 2.25. The molecule has 4 rings (SSSR count). The normalized spacial score (nSPS) is 14.6. The number of hydrogen-bond donors (Lipinski definition) is 3. The predicted octanol–water partition coefficient (Wildman–Crippen LogP) is 3.95. The van der Waals surface area contributed by atoms with Crippen LogP contribution in [0.25, 0.3) is 11.3 Å². The van der Waals surface area contributed by atoms with E-state index in [1.54, 1.807) is 42.3 Å². The molecule has 0 unspecified atom stereocenters. The van der Waals surface area contributed by atoms with Gasteiger partial charge < -0.3 is 20.9 Å². The highest BCUT2D eigenvalue weighted by molar-refractivity contribution is 5.99. The molecule has 1 aromatic heterocycles. The van der Waals surface area contributed by atoms with Crippen LogP contribution in [0.4, 0.5) is 15.0 Å². The predicted molar refractivity (Wildman–Crippen MR) is 139 cm³/mol. The zero-order valence-corrected chi connectivity index (χ0v) is 20.6. The van der Waals surface area contributed by atoms with Crippen LogP contribution in [0.5, 0.6) is 0 Å². The van der Waals surface area contributed by atoms with E-state index >= 15 is 0 Å². The van der Waals surface area contributed by atoms with Crippen molar-refractivity contribution >= 4 is 17.8 Å². The van der Waals surface area contributed by atoms with E-state index in [1.807, 2.05) is 18.2 Å². The first-order chi connectivity index (χ1) is 18.0. The summed E-state index contributed by atoms with van der Waals surface area (Å²) in [6.07, 6.45) is 2.23. The van der Waals surface area contributed by atoms with Crippen molar-refractivity contribution in [3.8, 4) is 17.3 Å². The second-order valence-electron chi connectivity index (χ2n) is 8.81. The molecule has 1 fully saturated rings. The van der Waals surface area contributed by atoms with E-state index < -0.39 is 0 Å². The van der Waals surface area contributed by atoms with Crippen LogP contribution in [-0.4, -0.2) is 54.5 Å². The smallest absolute Gasteiger partial charge is 0.317 e. The van der Waals surface area contributed by atoms with Gasteiger partial charge in [-0.05, 0) is 55.2 Å². The number of aromatic nitrogens is 1. The molecule has 1 aliphatic rings. The van der Waals surface area contributed by atoms with E-state index in [4.69, 9.17) is 0 Å². The fourth-order valence-electron chi connectivity index (χ4n) is 4.51. The maximum Gasteiger partial charge on any atom is 0.317 e. The van der Waals surface area contributed by atoms with Crippen molar-refractivity contribution in [1.82, 2.24) is 20.5 Å². The minimum Gasteiger partial charge on any atom is -0.369 e. The number of pyridine rings is 1. The SMILES string of the molecule is CNC(=O)N1CCC[C@@H]1CNC(=O)c1ccc(-c2ccccc2C#N)nc1NCCc1cccc(F)c1. The van der Waals surface area contributed by atoms with Crippen molar-refractivity contribution in [2.45, 2.75) is 25.3 Å². The van der Waals surface area contributed by atoms with Gasteiger partial charge in [-0.1, -0.05) is 30.3 Å². The van der Waals surface area contributed by atoms with Crippen molar-refractivity contribution in [3.05, 3.63) is 83.2 Å². The van der Waals surface area contributed by atoms with Gasteiger partial charge in [-0.3, -0.25) is 4.79 Å². The number of nitriles is 1. The van der Waals surface area contributed by atoms with Crippen molar-refractivity contribution in [2.75, 3.05) is 32.0 Å². The number of anilines is 1. The number of carbonyl (C=O) groups excluding carboxylic acids is 2. The van der Waals surface area contributed by atoms with Gasteiger partial charge in [0.1, 0.15) is 11.6 Å². The number of likely N-dealkylation sites (tertiary alicyclic amines) is 1. The van der Waals surface area contributed by atoms with Crippen LogP contribution < -0.4 is 16.0 Å². The molecule has 3 amide bonds. The summed E-state index contributed by atoms with van der Waals surface area (Å²) >= 11 is 0. The molecule has 1 aliphatic heterocycles. The summed E-state index contributed by atoms with van der Waals surface area (Å²) < 4.78 is 13.6. The number of amides is 3. The molecular weight excluding hydrogens is 471 g/mol. The molecule has 3 N–H and O–H groups in total. The number of halogens is 1. The van der Waals surface area contributed by atoms with Crippen LogP contribution in [0.15, 0.2) is 60.7 Å². The Labute approximate surface area is 215 Å². The lowest BCUT2D eigenvalue weighted by Gasteiger charge is -2.24. The molecule has 190 valence electrons. The molecule has 0 radical (unpaired) electrons. The molecule has 1 saturated heterocycles. The minimum absolute atomic E-state index is 0.0805. The third-order valence-electron chi connectivity index (χ3n) is 6.41. The zero-order valence-electron chi connectivity index (χ0n) is 20.6. The van der Waals surface area contributed by atoms with Gasteiger partial charge in [0.25, 0.3) is 5.91 Å². The molecule has 9 heteroatoms. The fourth-order valence-corrected chi connectivity index (χ4v) is 4.51. The summed E-state index contributed by atoms with van der Waals surface area (Å²) in [5.74, 6) is -0.248. The molecular formula is C28H29FN6O2. The molecule has 3 aromatic rings. The first-order valence-electron chi connectivity index (χ1n) is 12.3. The molecule has 2 heterocycles. The second kappa shape index (κ2) is 12.0. The first kappa shape index (κ1) is 25.6. The van der Waals surface area contributed by atoms with E-state index in [0.29, 0.717) is 54.3 Å². The Bertz CT molecular complexity index is 1320. The third kappa shape index (κ3) is 6.22. The molecule has 0 saturated carbocycles. The van der Waals surface area contributed by atoms with E-state index in [0.717, 1.165) is 18.4 Å².